The zero-order valence-corrected chi connectivity index (χ0v) is 7.93. The van der Waals surface area contributed by atoms with E-state index >= 15 is 0 Å². The third-order valence-corrected chi connectivity index (χ3v) is 1.87. The monoisotopic (exact) mass is 199 g/mol. The average Bonchev–Trinajstić information content (AvgIpc) is 2.13. The van der Waals surface area contributed by atoms with Crippen LogP contribution in [-0.2, 0) is 0 Å². The molecule has 13 heavy (non-hydrogen) atoms. The maximum absolute atomic E-state index is 11.0. The van der Waals surface area contributed by atoms with Crippen LogP contribution < -0.4 is 10.9 Å². The molecule has 1 unspecified atom stereocenters. The second-order valence-electron chi connectivity index (χ2n) is 2.56. The van der Waals surface area contributed by atoms with Gasteiger partial charge in [0.05, 0.1) is 6.33 Å². The van der Waals surface area contributed by atoms with Crippen LogP contribution in [0.4, 0.5) is 5.82 Å². The normalized spacial score (nSPS) is 12.2. The average molecular weight is 200 g/mol. The van der Waals surface area contributed by atoms with E-state index in [-0.39, 0.29) is 16.6 Å². The molecule has 0 amide bonds. The van der Waals surface area contributed by atoms with Crippen LogP contribution in [0.3, 0.4) is 0 Å². The minimum Gasteiger partial charge on any atom is -0.363 e. The topological polar surface area (TPSA) is 57.8 Å². The molecule has 70 valence electrons. The molecular formula is C8H10ClN3O. The highest BCUT2D eigenvalue weighted by atomic mass is 35.5. The first-order valence-electron chi connectivity index (χ1n) is 3.77. The fourth-order valence-corrected chi connectivity index (χ4v) is 0.916. The van der Waals surface area contributed by atoms with Gasteiger partial charge in [0.2, 0.25) is 0 Å². The van der Waals surface area contributed by atoms with Crippen molar-refractivity contribution in [2.24, 2.45) is 0 Å². The van der Waals surface area contributed by atoms with E-state index in [1.54, 1.807) is 6.08 Å². The summed E-state index contributed by atoms with van der Waals surface area (Å²) in [6, 6.07) is 0.0202. The van der Waals surface area contributed by atoms with Crippen molar-refractivity contribution in [1.29, 1.82) is 0 Å². The molecule has 0 bridgehead atoms. The lowest BCUT2D eigenvalue weighted by Crippen LogP contribution is -2.17. The summed E-state index contributed by atoms with van der Waals surface area (Å²) in [5.41, 5.74) is -0.351. The lowest BCUT2D eigenvalue weighted by Gasteiger charge is -2.09. The van der Waals surface area contributed by atoms with Crippen molar-refractivity contribution in [3.8, 4) is 0 Å². The Bertz CT molecular complexity index is 361. The number of aromatic nitrogens is 2. The van der Waals surface area contributed by atoms with Crippen LogP contribution in [0.25, 0.3) is 0 Å². The highest BCUT2D eigenvalue weighted by molar-refractivity contribution is 6.32. The smallest absolute Gasteiger partial charge is 0.271 e. The molecule has 0 aromatic carbocycles. The summed E-state index contributed by atoms with van der Waals surface area (Å²) in [4.78, 5) is 17.3. The van der Waals surface area contributed by atoms with Crippen molar-refractivity contribution in [2.75, 3.05) is 5.32 Å². The maximum Gasteiger partial charge on any atom is 0.271 e. The van der Waals surface area contributed by atoms with Crippen LogP contribution in [0.1, 0.15) is 6.92 Å². The summed E-state index contributed by atoms with van der Waals surface area (Å²) in [6.45, 7) is 5.47. The predicted octanol–water partition coefficient (Wildman–Crippen LogP) is 1.41. The minimum atomic E-state index is -0.351. The van der Waals surface area contributed by atoms with E-state index in [0.29, 0.717) is 5.82 Å². The van der Waals surface area contributed by atoms with Crippen molar-refractivity contribution in [3.05, 3.63) is 34.4 Å². The highest BCUT2D eigenvalue weighted by Gasteiger charge is 2.06. The summed E-state index contributed by atoms with van der Waals surface area (Å²) < 4.78 is 0. The van der Waals surface area contributed by atoms with Gasteiger partial charge in [-0.15, -0.1) is 6.58 Å². The summed E-state index contributed by atoms with van der Waals surface area (Å²) in [5, 5.41) is 2.99. The lowest BCUT2D eigenvalue weighted by molar-refractivity contribution is 0.971. The van der Waals surface area contributed by atoms with Crippen LogP contribution in [0.15, 0.2) is 23.8 Å². The van der Waals surface area contributed by atoms with Gasteiger partial charge in [0.15, 0.2) is 5.82 Å². The number of anilines is 1. The maximum atomic E-state index is 11.0. The van der Waals surface area contributed by atoms with E-state index in [0.717, 1.165) is 0 Å². The minimum absolute atomic E-state index is 0.0202. The highest BCUT2D eigenvalue weighted by Crippen LogP contribution is 2.12. The molecule has 5 heteroatoms. The summed E-state index contributed by atoms with van der Waals surface area (Å²) in [6.07, 6.45) is 2.99. The van der Waals surface area contributed by atoms with Gasteiger partial charge in [-0.3, -0.25) is 4.79 Å². The summed E-state index contributed by atoms with van der Waals surface area (Å²) in [5.74, 6) is 0.373. The zero-order valence-electron chi connectivity index (χ0n) is 7.17. The molecule has 0 saturated heterocycles. The molecule has 2 N–H and O–H groups in total. The Morgan fingerprint density at radius 3 is 3.15 bits per heavy atom. The van der Waals surface area contributed by atoms with Crippen molar-refractivity contribution >= 4 is 17.4 Å². The van der Waals surface area contributed by atoms with Crippen molar-refractivity contribution < 1.29 is 0 Å². The quantitative estimate of drug-likeness (QED) is 0.724. The molecule has 1 atom stereocenters. The first-order chi connectivity index (χ1) is 6.15. The summed E-state index contributed by atoms with van der Waals surface area (Å²) in [7, 11) is 0. The molecule has 0 radical (unpaired) electrons. The van der Waals surface area contributed by atoms with Gasteiger partial charge in [0.25, 0.3) is 5.56 Å². The lowest BCUT2D eigenvalue weighted by atomic mass is 10.3. The second kappa shape index (κ2) is 4.09. The van der Waals surface area contributed by atoms with E-state index in [9.17, 15) is 4.79 Å². The molecule has 4 nitrogen and oxygen atoms in total. The van der Waals surface area contributed by atoms with Gasteiger partial charge in [-0.1, -0.05) is 17.7 Å². The first kappa shape index (κ1) is 9.80. The molecule has 0 fully saturated rings. The van der Waals surface area contributed by atoms with Crippen LogP contribution in [0.5, 0.6) is 0 Å². The van der Waals surface area contributed by atoms with E-state index in [1.807, 2.05) is 6.92 Å². The van der Waals surface area contributed by atoms with E-state index < -0.39 is 0 Å². The molecule has 1 rings (SSSR count). The number of halogens is 1. The molecule has 1 aromatic rings. The van der Waals surface area contributed by atoms with Crippen molar-refractivity contribution in [3.63, 3.8) is 0 Å². The Hall–Kier alpha value is -1.29. The Labute approximate surface area is 80.7 Å². The molecule has 1 heterocycles. The number of H-pyrrole nitrogens is 1. The number of hydrogen-bond acceptors (Lipinski definition) is 3. The number of rotatable bonds is 3. The molecule has 0 aliphatic rings. The number of nitrogens with one attached hydrogen (secondary N) is 2. The number of nitrogens with zero attached hydrogens (tertiary/aromatic N) is 1. The molecule has 1 aromatic heterocycles. The van der Waals surface area contributed by atoms with Gasteiger partial charge < -0.3 is 10.3 Å². The molecular weight excluding hydrogens is 190 g/mol. The molecule has 0 aliphatic heterocycles. The molecule has 0 spiro atoms. The Kier molecular flexibility index (Phi) is 3.08. The summed E-state index contributed by atoms with van der Waals surface area (Å²) >= 11 is 5.69. The number of hydrogen-bond donors (Lipinski definition) is 2. The third-order valence-electron chi connectivity index (χ3n) is 1.51. The van der Waals surface area contributed by atoms with Crippen molar-refractivity contribution in [1.82, 2.24) is 9.97 Å². The number of aromatic amines is 1. The Morgan fingerprint density at radius 1 is 1.85 bits per heavy atom. The first-order valence-corrected chi connectivity index (χ1v) is 4.15. The van der Waals surface area contributed by atoms with Crippen LogP contribution in [-0.4, -0.2) is 16.0 Å². The van der Waals surface area contributed by atoms with E-state index in [1.165, 1.54) is 6.33 Å². The Morgan fingerprint density at radius 2 is 2.54 bits per heavy atom. The van der Waals surface area contributed by atoms with Crippen LogP contribution in [0, 0.1) is 0 Å². The van der Waals surface area contributed by atoms with Crippen LogP contribution >= 0.6 is 11.6 Å². The van der Waals surface area contributed by atoms with E-state index in [2.05, 4.69) is 21.9 Å². The van der Waals surface area contributed by atoms with Gasteiger partial charge >= 0.3 is 0 Å². The van der Waals surface area contributed by atoms with E-state index in [4.69, 9.17) is 11.6 Å². The largest absolute Gasteiger partial charge is 0.363 e. The Balaban J connectivity index is 2.95. The van der Waals surface area contributed by atoms with Gasteiger partial charge in [0.1, 0.15) is 5.02 Å². The fourth-order valence-electron chi connectivity index (χ4n) is 0.758. The van der Waals surface area contributed by atoms with Gasteiger partial charge in [-0.25, -0.2) is 4.98 Å². The van der Waals surface area contributed by atoms with Gasteiger partial charge in [-0.2, -0.15) is 0 Å². The molecule has 0 aliphatic carbocycles. The van der Waals surface area contributed by atoms with Gasteiger partial charge in [-0.05, 0) is 6.92 Å². The molecule has 0 saturated carbocycles. The van der Waals surface area contributed by atoms with Crippen LogP contribution in [0.2, 0.25) is 5.02 Å². The fraction of sp³-hybridized carbons (Fsp3) is 0.250. The zero-order chi connectivity index (χ0) is 9.84. The van der Waals surface area contributed by atoms with Crippen molar-refractivity contribution in [2.45, 2.75) is 13.0 Å². The standard InChI is InChI=1S/C8H10ClN3O/c1-3-5(2)12-7-6(9)8(13)11-4-10-7/h3-5H,1H2,2H3,(H2,10,11,12,13). The SMILES string of the molecule is C=CC(C)Nc1nc[nH]c(=O)c1Cl. The third kappa shape index (κ3) is 2.32. The predicted molar refractivity (Wildman–Crippen MR) is 53.1 cm³/mol. The van der Waals surface area contributed by atoms with Gasteiger partial charge in [0, 0.05) is 6.04 Å². The second-order valence-corrected chi connectivity index (χ2v) is 2.94.